The van der Waals surface area contributed by atoms with Crippen molar-refractivity contribution in [3.8, 4) is 5.75 Å². The van der Waals surface area contributed by atoms with E-state index in [4.69, 9.17) is 16.3 Å². The average Bonchev–Trinajstić information content (AvgIpc) is 2.58. The molecule has 1 aliphatic rings. The zero-order valence-corrected chi connectivity index (χ0v) is 14.8. The number of ether oxygens (including phenoxy) is 2. The minimum absolute atomic E-state index is 0.0290. The van der Waals surface area contributed by atoms with Crippen molar-refractivity contribution in [3.63, 3.8) is 0 Å². The molecule has 1 fully saturated rings. The molecule has 0 radical (unpaired) electrons. The van der Waals surface area contributed by atoms with Gasteiger partial charge in [-0.1, -0.05) is 11.6 Å². The van der Waals surface area contributed by atoms with E-state index in [0.29, 0.717) is 29.5 Å². The Morgan fingerprint density at radius 1 is 1.40 bits per heavy atom. The average molecular weight is 370 g/mol. The van der Waals surface area contributed by atoms with Crippen molar-refractivity contribution < 1.29 is 23.9 Å². The molecule has 1 atom stereocenters. The summed E-state index contributed by atoms with van der Waals surface area (Å²) < 4.78 is 9.67. The van der Waals surface area contributed by atoms with Crippen LogP contribution >= 0.6 is 11.6 Å². The van der Waals surface area contributed by atoms with E-state index in [1.165, 1.54) is 14.2 Å². The molecule has 0 unspecified atom stereocenters. The molecule has 1 aliphatic heterocycles. The number of methoxy groups -OCH3 is 2. The number of rotatable bonds is 6. The van der Waals surface area contributed by atoms with Crippen molar-refractivity contribution in [2.75, 3.05) is 39.2 Å². The van der Waals surface area contributed by atoms with Gasteiger partial charge in [-0.15, -0.1) is 0 Å². The third kappa shape index (κ3) is 5.07. The van der Waals surface area contributed by atoms with Crippen molar-refractivity contribution >= 4 is 35.1 Å². The van der Waals surface area contributed by atoms with Crippen LogP contribution in [0, 0.1) is 0 Å². The fourth-order valence-corrected chi connectivity index (χ4v) is 2.80. The molecule has 0 aromatic heterocycles. The van der Waals surface area contributed by atoms with Crippen molar-refractivity contribution in [2.24, 2.45) is 0 Å². The minimum atomic E-state index is -0.730. The summed E-state index contributed by atoms with van der Waals surface area (Å²) in [5.74, 6) is -0.609. The third-order valence-corrected chi connectivity index (χ3v) is 4.11. The summed E-state index contributed by atoms with van der Waals surface area (Å²) in [4.78, 5) is 37.4. The molecule has 25 heavy (non-hydrogen) atoms. The van der Waals surface area contributed by atoms with Gasteiger partial charge in [0.15, 0.2) is 0 Å². The van der Waals surface area contributed by atoms with Gasteiger partial charge < -0.3 is 20.1 Å². The van der Waals surface area contributed by atoms with Gasteiger partial charge in [0.25, 0.3) is 0 Å². The number of nitrogens with one attached hydrogen (secondary N) is 2. The van der Waals surface area contributed by atoms with Gasteiger partial charge in [-0.2, -0.15) is 0 Å². The Labute approximate surface area is 150 Å². The first-order valence-electron chi connectivity index (χ1n) is 7.66. The molecule has 9 heteroatoms. The van der Waals surface area contributed by atoms with Crippen LogP contribution in [0.3, 0.4) is 0 Å². The highest BCUT2D eigenvalue weighted by atomic mass is 35.5. The largest absolute Gasteiger partial charge is 0.495 e. The topological polar surface area (TPSA) is 97.0 Å². The van der Waals surface area contributed by atoms with Gasteiger partial charge in [0.1, 0.15) is 11.8 Å². The Bertz CT molecular complexity index is 667. The highest BCUT2D eigenvalue weighted by molar-refractivity contribution is 6.32. The summed E-state index contributed by atoms with van der Waals surface area (Å²) in [6.07, 6.45) is -0.107. The van der Waals surface area contributed by atoms with Crippen LogP contribution in [0.4, 0.5) is 5.69 Å². The number of benzene rings is 1. The van der Waals surface area contributed by atoms with Crippen LogP contribution in [0.2, 0.25) is 5.02 Å². The molecule has 8 nitrogen and oxygen atoms in total. The molecule has 1 aromatic carbocycles. The van der Waals surface area contributed by atoms with E-state index in [9.17, 15) is 14.4 Å². The number of esters is 1. The predicted octanol–water partition coefficient (Wildman–Crippen LogP) is 0.651. The number of hydrogen-bond donors (Lipinski definition) is 2. The molecule has 0 saturated carbocycles. The van der Waals surface area contributed by atoms with Crippen LogP contribution in [-0.2, 0) is 19.1 Å². The number of halogens is 1. The number of anilines is 1. The lowest BCUT2D eigenvalue weighted by atomic mass is 10.1. The van der Waals surface area contributed by atoms with E-state index in [-0.39, 0.29) is 24.8 Å². The first-order chi connectivity index (χ1) is 11.9. The number of nitrogens with zero attached hydrogens (tertiary/aromatic N) is 1. The van der Waals surface area contributed by atoms with Crippen molar-refractivity contribution in [1.29, 1.82) is 0 Å². The number of carbonyl (C=O) groups excluding carboxylic acids is 3. The number of amides is 2. The maximum atomic E-state index is 12.3. The molecule has 0 spiro atoms. The first-order valence-corrected chi connectivity index (χ1v) is 8.04. The summed E-state index contributed by atoms with van der Waals surface area (Å²) in [6, 6.07) is 4.16. The fraction of sp³-hybridized carbons (Fsp3) is 0.438. The molecule has 2 N–H and O–H groups in total. The highest BCUT2D eigenvalue weighted by Crippen LogP contribution is 2.27. The Morgan fingerprint density at radius 3 is 2.80 bits per heavy atom. The number of carbonyl (C=O) groups is 3. The molecule has 1 heterocycles. The molecule has 1 saturated heterocycles. The quantitative estimate of drug-likeness (QED) is 0.715. The fourth-order valence-electron chi connectivity index (χ4n) is 2.54. The van der Waals surface area contributed by atoms with Crippen LogP contribution in [0.5, 0.6) is 5.75 Å². The van der Waals surface area contributed by atoms with Crippen LogP contribution in [-0.4, -0.2) is 62.6 Å². The van der Waals surface area contributed by atoms with E-state index < -0.39 is 12.0 Å². The molecule has 136 valence electrons. The Balaban J connectivity index is 2.00. The number of piperazine rings is 1. The SMILES string of the molecule is COC(=O)C[C@@H]1C(=O)NCCN1CC(=O)Nc1ccc(OC)c(Cl)c1. The lowest BCUT2D eigenvalue weighted by Crippen LogP contribution is -2.57. The molecule has 2 amide bonds. The predicted molar refractivity (Wildman–Crippen MR) is 91.6 cm³/mol. The molecular weight excluding hydrogens is 350 g/mol. The maximum Gasteiger partial charge on any atom is 0.307 e. The first kappa shape index (κ1) is 19.0. The Kier molecular flexibility index (Phi) is 6.60. The van der Waals surface area contributed by atoms with Gasteiger partial charge in [-0.05, 0) is 18.2 Å². The second-order valence-electron chi connectivity index (χ2n) is 5.46. The monoisotopic (exact) mass is 369 g/mol. The minimum Gasteiger partial charge on any atom is -0.495 e. The van der Waals surface area contributed by atoms with Crippen molar-refractivity contribution in [2.45, 2.75) is 12.5 Å². The van der Waals surface area contributed by atoms with Gasteiger partial charge >= 0.3 is 5.97 Å². The molecule has 2 rings (SSSR count). The Morgan fingerprint density at radius 2 is 2.16 bits per heavy atom. The maximum absolute atomic E-state index is 12.3. The second kappa shape index (κ2) is 8.68. The van der Waals surface area contributed by atoms with Crippen LogP contribution < -0.4 is 15.4 Å². The van der Waals surface area contributed by atoms with E-state index in [2.05, 4.69) is 15.4 Å². The molecule has 1 aromatic rings. The summed E-state index contributed by atoms with van der Waals surface area (Å²) >= 11 is 6.03. The van der Waals surface area contributed by atoms with Gasteiger partial charge in [0.2, 0.25) is 11.8 Å². The smallest absolute Gasteiger partial charge is 0.307 e. The third-order valence-electron chi connectivity index (χ3n) is 3.81. The van der Waals surface area contributed by atoms with Gasteiger partial charge in [-0.25, -0.2) is 0 Å². The summed E-state index contributed by atoms with van der Waals surface area (Å²) in [6.45, 7) is 0.848. The van der Waals surface area contributed by atoms with Crippen molar-refractivity contribution in [1.82, 2.24) is 10.2 Å². The van der Waals surface area contributed by atoms with Gasteiger partial charge in [0.05, 0.1) is 32.2 Å². The van der Waals surface area contributed by atoms with E-state index in [0.717, 1.165) is 0 Å². The lowest BCUT2D eigenvalue weighted by Gasteiger charge is -2.33. The number of hydrogen-bond acceptors (Lipinski definition) is 6. The van der Waals surface area contributed by atoms with Crippen LogP contribution in [0.25, 0.3) is 0 Å². The summed E-state index contributed by atoms with van der Waals surface area (Å²) in [7, 11) is 2.76. The Hall–Kier alpha value is -2.32. The standard InChI is InChI=1S/C16H20ClN3O5/c1-24-13-4-3-10(7-11(13)17)19-14(21)9-20-6-5-18-16(23)12(20)8-15(22)25-2/h3-4,7,12H,5-6,8-9H2,1-2H3,(H,18,23)(H,19,21)/t12-/m1/s1. The normalized spacial score (nSPS) is 17.6. The van der Waals surface area contributed by atoms with E-state index in [1.807, 2.05) is 0 Å². The molecule has 0 bridgehead atoms. The van der Waals surface area contributed by atoms with Crippen LogP contribution in [0.15, 0.2) is 18.2 Å². The van der Waals surface area contributed by atoms with E-state index in [1.54, 1.807) is 23.1 Å². The van der Waals surface area contributed by atoms with Crippen LogP contribution in [0.1, 0.15) is 6.42 Å². The van der Waals surface area contributed by atoms with E-state index >= 15 is 0 Å². The van der Waals surface area contributed by atoms with Gasteiger partial charge in [-0.3, -0.25) is 19.3 Å². The van der Waals surface area contributed by atoms with Crippen molar-refractivity contribution in [3.05, 3.63) is 23.2 Å². The summed E-state index contributed by atoms with van der Waals surface area (Å²) in [5, 5.41) is 5.77. The summed E-state index contributed by atoms with van der Waals surface area (Å²) in [5.41, 5.74) is 0.516. The lowest BCUT2D eigenvalue weighted by molar-refractivity contribution is -0.146. The zero-order valence-electron chi connectivity index (χ0n) is 14.0. The second-order valence-corrected chi connectivity index (χ2v) is 5.86. The zero-order chi connectivity index (χ0) is 18.4. The highest BCUT2D eigenvalue weighted by Gasteiger charge is 2.33. The molecule has 0 aliphatic carbocycles. The van der Waals surface area contributed by atoms with Gasteiger partial charge in [0, 0.05) is 18.8 Å². The molecular formula is C16H20ClN3O5.